The molecule has 9 heteroatoms. The van der Waals surface area contributed by atoms with Gasteiger partial charge < -0.3 is 14.2 Å². The molecule has 214 valence electrons. The third-order valence-electron chi connectivity index (χ3n) is 6.56. The van der Waals surface area contributed by atoms with Gasteiger partial charge in [0.05, 0.1) is 23.9 Å². The molecule has 0 aromatic heterocycles. The van der Waals surface area contributed by atoms with E-state index in [0.29, 0.717) is 41.7 Å². The number of hydrogen-bond acceptors (Lipinski definition) is 6. The van der Waals surface area contributed by atoms with Crippen molar-refractivity contribution in [1.29, 1.82) is 0 Å². The minimum absolute atomic E-state index is 0.227. The van der Waals surface area contributed by atoms with Crippen molar-refractivity contribution in [1.82, 2.24) is 5.32 Å². The molecule has 1 aliphatic rings. The lowest BCUT2D eigenvalue weighted by atomic mass is 10.1. The van der Waals surface area contributed by atoms with Gasteiger partial charge in [0.2, 0.25) is 0 Å². The fraction of sp³-hybridized carbons (Fsp3) is 0.281. The van der Waals surface area contributed by atoms with E-state index in [1.807, 2.05) is 32.9 Å². The number of benzene rings is 3. The van der Waals surface area contributed by atoms with E-state index in [9.17, 15) is 14.4 Å². The fourth-order valence-electron chi connectivity index (χ4n) is 4.21. The maximum absolute atomic E-state index is 13.4. The molecular weight excluding hydrogens is 544 g/mol. The molecule has 0 saturated carbocycles. The molecule has 0 aliphatic carbocycles. The molecule has 1 N–H and O–H groups in total. The first-order valence-corrected chi connectivity index (χ1v) is 13.9. The summed E-state index contributed by atoms with van der Waals surface area (Å²) in [5, 5.41) is 2.49. The molecule has 0 atom stereocenters. The van der Waals surface area contributed by atoms with Gasteiger partial charge in [0.1, 0.15) is 17.9 Å². The van der Waals surface area contributed by atoms with Gasteiger partial charge in [-0.05, 0) is 91.9 Å². The molecule has 0 bridgehead atoms. The van der Waals surface area contributed by atoms with Crippen LogP contribution in [0.1, 0.15) is 48.9 Å². The zero-order valence-corrected chi connectivity index (χ0v) is 24.3. The Balaban J connectivity index is 1.59. The number of urea groups is 1. The normalized spacial score (nSPS) is 14.3. The molecule has 3 aromatic carbocycles. The first kappa shape index (κ1) is 29.7. The number of nitrogens with zero attached hydrogens (tertiary/aromatic N) is 1. The van der Waals surface area contributed by atoms with E-state index in [4.69, 9.17) is 25.8 Å². The Labute approximate surface area is 244 Å². The maximum atomic E-state index is 13.4. The minimum atomic E-state index is -0.833. The lowest BCUT2D eigenvalue weighted by molar-refractivity contribution is -0.122. The first-order chi connectivity index (χ1) is 19.7. The lowest BCUT2D eigenvalue weighted by Crippen LogP contribution is -2.54. The maximum Gasteiger partial charge on any atom is 0.335 e. The monoisotopic (exact) mass is 576 g/mol. The molecule has 1 saturated heterocycles. The van der Waals surface area contributed by atoms with Crippen LogP contribution in [0.3, 0.4) is 0 Å². The van der Waals surface area contributed by atoms with Crippen molar-refractivity contribution in [2.75, 3.05) is 18.1 Å². The Morgan fingerprint density at radius 3 is 2.34 bits per heavy atom. The van der Waals surface area contributed by atoms with Crippen LogP contribution >= 0.6 is 11.6 Å². The van der Waals surface area contributed by atoms with E-state index >= 15 is 0 Å². The summed E-state index contributed by atoms with van der Waals surface area (Å²) in [7, 11) is 0. The number of ether oxygens (including phenoxy) is 3. The topological polar surface area (TPSA) is 94.2 Å². The highest BCUT2D eigenvalue weighted by atomic mass is 35.5. The van der Waals surface area contributed by atoms with E-state index in [2.05, 4.69) is 18.3 Å². The number of aryl methyl sites for hydroxylation is 2. The van der Waals surface area contributed by atoms with Crippen molar-refractivity contribution in [3.8, 4) is 17.2 Å². The summed E-state index contributed by atoms with van der Waals surface area (Å²) in [4.78, 5) is 39.6. The number of rotatable bonds is 11. The molecule has 4 rings (SSSR count). The SMILES string of the molecule is CCCCOc1ccc(N2C(=O)NC(=O)/C(=C/c3cc(Cl)c(OCc4ccc(C)c(C)c4)c(OCC)c3)C2=O)cc1. The zero-order chi connectivity index (χ0) is 29.5. The van der Waals surface area contributed by atoms with Crippen molar-refractivity contribution in [3.05, 3.63) is 87.4 Å². The highest BCUT2D eigenvalue weighted by molar-refractivity contribution is 6.39. The number of barbiturate groups is 1. The quantitative estimate of drug-likeness (QED) is 0.154. The number of unbranched alkanes of at least 4 members (excludes halogenated alkanes) is 1. The summed E-state index contributed by atoms with van der Waals surface area (Å²) >= 11 is 6.60. The Bertz CT molecular complexity index is 1480. The summed E-state index contributed by atoms with van der Waals surface area (Å²) in [5.74, 6) is -0.225. The van der Waals surface area contributed by atoms with Crippen LogP contribution in [-0.4, -0.2) is 31.1 Å². The van der Waals surface area contributed by atoms with Gasteiger partial charge in [-0.2, -0.15) is 0 Å². The van der Waals surface area contributed by atoms with Gasteiger partial charge in [-0.1, -0.05) is 43.1 Å². The van der Waals surface area contributed by atoms with Gasteiger partial charge in [0.25, 0.3) is 11.8 Å². The Morgan fingerprint density at radius 1 is 0.902 bits per heavy atom. The molecule has 3 aromatic rings. The molecule has 41 heavy (non-hydrogen) atoms. The number of halogens is 1. The van der Waals surface area contributed by atoms with Crippen molar-refractivity contribution in [2.45, 2.75) is 47.1 Å². The second-order valence-electron chi connectivity index (χ2n) is 9.62. The molecule has 1 heterocycles. The number of amides is 4. The highest BCUT2D eigenvalue weighted by Crippen LogP contribution is 2.38. The van der Waals surface area contributed by atoms with Crippen molar-refractivity contribution in [3.63, 3.8) is 0 Å². The number of anilines is 1. The smallest absolute Gasteiger partial charge is 0.335 e. The van der Waals surface area contributed by atoms with E-state index in [0.717, 1.165) is 28.9 Å². The summed E-state index contributed by atoms with van der Waals surface area (Å²) in [6.07, 6.45) is 3.30. The predicted octanol–water partition coefficient (Wildman–Crippen LogP) is 6.78. The number of carbonyl (C=O) groups is 3. The summed E-state index contributed by atoms with van der Waals surface area (Å²) in [6.45, 7) is 9.17. The van der Waals surface area contributed by atoms with Crippen LogP contribution in [0.15, 0.2) is 60.2 Å². The standard InChI is InChI=1S/C32H33ClN2O6/c1-5-7-14-40-25-12-10-24(11-13-25)35-31(37)26(30(36)34-32(35)38)16-23-17-27(33)29(28(18-23)39-6-2)41-19-22-9-8-20(3)21(4)15-22/h8-13,15-18H,5-7,14,19H2,1-4H3,(H,34,36,38)/b26-16-. The van der Waals surface area contributed by atoms with Crippen LogP contribution in [0.2, 0.25) is 5.02 Å². The van der Waals surface area contributed by atoms with E-state index < -0.39 is 17.8 Å². The van der Waals surface area contributed by atoms with E-state index in [-0.39, 0.29) is 17.2 Å². The zero-order valence-electron chi connectivity index (χ0n) is 23.6. The second-order valence-corrected chi connectivity index (χ2v) is 10.0. The highest BCUT2D eigenvalue weighted by Gasteiger charge is 2.37. The summed E-state index contributed by atoms with van der Waals surface area (Å²) in [5.41, 5.74) is 3.83. The van der Waals surface area contributed by atoms with Gasteiger partial charge in [-0.25, -0.2) is 9.69 Å². The van der Waals surface area contributed by atoms with Gasteiger partial charge >= 0.3 is 6.03 Å². The summed E-state index contributed by atoms with van der Waals surface area (Å²) < 4.78 is 17.5. The van der Waals surface area contributed by atoms with Crippen LogP contribution in [0.5, 0.6) is 17.2 Å². The minimum Gasteiger partial charge on any atom is -0.494 e. The van der Waals surface area contributed by atoms with Crippen LogP contribution < -0.4 is 24.4 Å². The molecule has 1 fully saturated rings. The second kappa shape index (κ2) is 13.4. The van der Waals surface area contributed by atoms with Gasteiger partial charge in [0, 0.05) is 0 Å². The van der Waals surface area contributed by atoms with Crippen LogP contribution in [0, 0.1) is 13.8 Å². The van der Waals surface area contributed by atoms with E-state index in [1.54, 1.807) is 36.4 Å². The number of nitrogens with one attached hydrogen (secondary N) is 1. The Morgan fingerprint density at radius 2 is 1.66 bits per heavy atom. The number of imide groups is 2. The van der Waals surface area contributed by atoms with Gasteiger partial charge in [0.15, 0.2) is 11.5 Å². The predicted molar refractivity (Wildman–Crippen MR) is 159 cm³/mol. The van der Waals surface area contributed by atoms with Gasteiger partial charge in [-0.15, -0.1) is 0 Å². The fourth-order valence-corrected chi connectivity index (χ4v) is 4.48. The Hall–Kier alpha value is -4.30. The van der Waals surface area contributed by atoms with Crippen molar-refractivity contribution >= 4 is 41.2 Å². The van der Waals surface area contributed by atoms with Crippen molar-refractivity contribution in [2.24, 2.45) is 0 Å². The van der Waals surface area contributed by atoms with Crippen LogP contribution in [0.25, 0.3) is 6.08 Å². The molecular formula is C32H33ClN2O6. The largest absolute Gasteiger partial charge is 0.494 e. The molecule has 8 nitrogen and oxygen atoms in total. The first-order valence-electron chi connectivity index (χ1n) is 13.5. The molecule has 1 aliphatic heterocycles. The number of carbonyl (C=O) groups excluding carboxylic acids is 3. The number of hydrogen-bond donors (Lipinski definition) is 1. The Kier molecular flexibility index (Phi) is 9.68. The van der Waals surface area contributed by atoms with Crippen LogP contribution in [-0.2, 0) is 16.2 Å². The molecule has 4 amide bonds. The average molecular weight is 577 g/mol. The van der Waals surface area contributed by atoms with Crippen molar-refractivity contribution < 1.29 is 28.6 Å². The lowest BCUT2D eigenvalue weighted by Gasteiger charge is -2.26. The van der Waals surface area contributed by atoms with Gasteiger partial charge in [-0.3, -0.25) is 14.9 Å². The summed E-state index contributed by atoms with van der Waals surface area (Å²) in [6, 6.07) is 15.0. The van der Waals surface area contributed by atoms with Crippen LogP contribution in [0.4, 0.5) is 10.5 Å². The average Bonchev–Trinajstić information content (AvgIpc) is 2.93. The molecule has 0 radical (unpaired) electrons. The molecule has 0 spiro atoms. The third kappa shape index (κ3) is 7.08. The molecule has 0 unspecified atom stereocenters. The third-order valence-corrected chi connectivity index (χ3v) is 6.84. The van der Waals surface area contributed by atoms with E-state index in [1.165, 1.54) is 11.6 Å².